The van der Waals surface area contributed by atoms with Gasteiger partial charge in [-0.25, -0.2) is 9.97 Å². The van der Waals surface area contributed by atoms with Gasteiger partial charge in [-0.1, -0.05) is 23.7 Å². The van der Waals surface area contributed by atoms with Crippen LogP contribution in [-0.4, -0.2) is 20.9 Å². The van der Waals surface area contributed by atoms with E-state index < -0.39 is 0 Å². The summed E-state index contributed by atoms with van der Waals surface area (Å²) in [5.41, 5.74) is 2.32. The van der Waals surface area contributed by atoms with Gasteiger partial charge >= 0.3 is 0 Å². The van der Waals surface area contributed by atoms with Crippen molar-refractivity contribution in [1.82, 2.24) is 20.3 Å². The minimum atomic E-state index is -0.256. The van der Waals surface area contributed by atoms with Crippen molar-refractivity contribution in [3.8, 4) is 0 Å². The largest absolute Gasteiger partial charge is 0.350 e. The number of hydrogen-bond donors (Lipinski definition) is 2. The van der Waals surface area contributed by atoms with Crippen LogP contribution in [0.25, 0.3) is 0 Å². The van der Waals surface area contributed by atoms with Gasteiger partial charge in [0.15, 0.2) is 0 Å². The summed E-state index contributed by atoms with van der Waals surface area (Å²) in [6, 6.07) is 12.8. The molecule has 0 aliphatic rings. The molecule has 126 valence electrons. The zero-order chi connectivity index (χ0) is 17.5. The second-order valence-corrected chi connectivity index (χ2v) is 5.72. The van der Waals surface area contributed by atoms with Gasteiger partial charge in [-0.15, -0.1) is 0 Å². The second kappa shape index (κ2) is 8.21. The Kier molecular flexibility index (Phi) is 5.53. The number of carbonyl (C=O) groups excluding carboxylic acids is 1. The van der Waals surface area contributed by atoms with Gasteiger partial charge in [-0.2, -0.15) is 0 Å². The van der Waals surface area contributed by atoms with Crippen LogP contribution in [-0.2, 0) is 13.1 Å². The van der Waals surface area contributed by atoms with Gasteiger partial charge in [0.1, 0.15) is 5.69 Å². The maximum absolute atomic E-state index is 12.2. The number of halogens is 1. The average molecular weight is 354 g/mol. The van der Waals surface area contributed by atoms with Crippen LogP contribution in [0, 0.1) is 0 Å². The lowest BCUT2D eigenvalue weighted by molar-refractivity contribution is 0.0946. The highest BCUT2D eigenvalue weighted by molar-refractivity contribution is 6.30. The molecule has 7 heteroatoms. The first-order valence-corrected chi connectivity index (χ1v) is 8.07. The van der Waals surface area contributed by atoms with E-state index in [9.17, 15) is 4.79 Å². The van der Waals surface area contributed by atoms with Crippen LogP contribution in [0.4, 0.5) is 5.95 Å². The number of carbonyl (C=O) groups is 1. The minimum Gasteiger partial charge on any atom is -0.350 e. The van der Waals surface area contributed by atoms with Crippen molar-refractivity contribution in [2.45, 2.75) is 13.1 Å². The predicted octanol–water partition coefficient (Wildman–Crippen LogP) is 3.07. The van der Waals surface area contributed by atoms with E-state index in [1.54, 1.807) is 24.7 Å². The lowest BCUT2D eigenvalue weighted by Gasteiger charge is -2.08. The molecule has 1 aromatic carbocycles. The SMILES string of the molecule is O=C(NCc1ccncc1)c1ccnc(NCc2ccc(Cl)cc2)n1. The van der Waals surface area contributed by atoms with Crippen LogP contribution < -0.4 is 10.6 Å². The summed E-state index contributed by atoms with van der Waals surface area (Å²) < 4.78 is 0. The molecule has 0 bridgehead atoms. The van der Waals surface area contributed by atoms with Crippen molar-refractivity contribution >= 4 is 23.5 Å². The van der Waals surface area contributed by atoms with Crippen LogP contribution >= 0.6 is 11.6 Å². The second-order valence-electron chi connectivity index (χ2n) is 5.28. The molecule has 3 aromatic rings. The van der Waals surface area contributed by atoms with Crippen LogP contribution in [0.3, 0.4) is 0 Å². The van der Waals surface area contributed by atoms with Crippen molar-refractivity contribution in [3.63, 3.8) is 0 Å². The Bertz CT molecular complexity index is 840. The van der Waals surface area contributed by atoms with Gasteiger partial charge < -0.3 is 10.6 Å². The Morgan fingerprint density at radius 2 is 1.64 bits per heavy atom. The van der Waals surface area contributed by atoms with E-state index >= 15 is 0 Å². The number of nitrogens with zero attached hydrogens (tertiary/aromatic N) is 3. The molecule has 0 unspecified atom stereocenters. The summed E-state index contributed by atoms with van der Waals surface area (Å²) in [4.78, 5) is 24.5. The van der Waals surface area contributed by atoms with E-state index in [1.807, 2.05) is 36.4 Å². The first-order chi connectivity index (χ1) is 12.2. The molecule has 0 aliphatic heterocycles. The number of hydrogen-bond acceptors (Lipinski definition) is 5. The summed E-state index contributed by atoms with van der Waals surface area (Å²) in [7, 11) is 0. The molecule has 2 heterocycles. The normalized spacial score (nSPS) is 10.3. The van der Waals surface area contributed by atoms with Crippen molar-refractivity contribution in [3.05, 3.63) is 82.9 Å². The standard InChI is InChI=1S/C18H16ClN5O/c19-15-3-1-13(2-4-15)12-23-18-21-10-7-16(24-18)17(25)22-11-14-5-8-20-9-6-14/h1-10H,11-12H2,(H,22,25)(H,21,23,24). The fraction of sp³-hybridized carbons (Fsp3) is 0.111. The Labute approximate surface area is 150 Å². The van der Waals surface area contributed by atoms with E-state index in [1.165, 1.54) is 0 Å². The zero-order valence-electron chi connectivity index (χ0n) is 13.3. The molecule has 0 saturated heterocycles. The monoisotopic (exact) mass is 353 g/mol. The summed E-state index contributed by atoms with van der Waals surface area (Å²) in [5.74, 6) is 0.139. The zero-order valence-corrected chi connectivity index (χ0v) is 14.1. The third kappa shape index (κ3) is 4.99. The van der Waals surface area contributed by atoms with E-state index in [0.717, 1.165) is 11.1 Å². The van der Waals surface area contributed by atoms with Gasteiger partial charge in [-0.05, 0) is 41.5 Å². The fourth-order valence-electron chi connectivity index (χ4n) is 2.13. The Morgan fingerprint density at radius 3 is 2.40 bits per heavy atom. The summed E-state index contributed by atoms with van der Waals surface area (Å²) >= 11 is 5.87. The lowest BCUT2D eigenvalue weighted by Crippen LogP contribution is -2.24. The van der Waals surface area contributed by atoms with Crippen molar-refractivity contribution in [2.24, 2.45) is 0 Å². The predicted molar refractivity (Wildman–Crippen MR) is 96.2 cm³/mol. The molecule has 0 fully saturated rings. The number of aromatic nitrogens is 3. The highest BCUT2D eigenvalue weighted by Crippen LogP contribution is 2.11. The lowest BCUT2D eigenvalue weighted by atomic mass is 10.2. The quantitative estimate of drug-likeness (QED) is 0.712. The fourth-order valence-corrected chi connectivity index (χ4v) is 2.25. The molecular weight excluding hydrogens is 338 g/mol. The van der Waals surface area contributed by atoms with Crippen molar-refractivity contribution in [2.75, 3.05) is 5.32 Å². The highest BCUT2D eigenvalue weighted by Gasteiger charge is 2.08. The Morgan fingerprint density at radius 1 is 0.920 bits per heavy atom. The van der Waals surface area contributed by atoms with Crippen LogP contribution in [0.15, 0.2) is 61.1 Å². The highest BCUT2D eigenvalue weighted by atomic mass is 35.5. The van der Waals surface area contributed by atoms with E-state index in [2.05, 4.69) is 25.6 Å². The third-order valence-electron chi connectivity index (χ3n) is 3.45. The molecule has 0 atom stereocenters. The molecule has 0 radical (unpaired) electrons. The maximum atomic E-state index is 12.2. The van der Waals surface area contributed by atoms with Crippen LogP contribution in [0.2, 0.25) is 5.02 Å². The third-order valence-corrected chi connectivity index (χ3v) is 3.71. The van der Waals surface area contributed by atoms with Crippen molar-refractivity contribution in [1.29, 1.82) is 0 Å². The van der Waals surface area contributed by atoms with Gasteiger partial charge in [0, 0.05) is 36.7 Å². The van der Waals surface area contributed by atoms with E-state index in [4.69, 9.17) is 11.6 Å². The Balaban J connectivity index is 1.58. The molecule has 2 N–H and O–H groups in total. The molecule has 2 aromatic heterocycles. The number of nitrogens with one attached hydrogen (secondary N) is 2. The topological polar surface area (TPSA) is 79.8 Å². The first kappa shape index (κ1) is 16.9. The molecule has 25 heavy (non-hydrogen) atoms. The van der Waals surface area contributed by atoms with Gasteiger partial charge in [0.25, 0.3) is 5.91 Å². The van der Waals surface area contributed by atoms with Gasteiger partial charge in [0.05, 0.1) is 0 Å². The maximum Gasteiger partial charge on any atom is 0.270 e. The molecule has 6 nitrogen and oxygen atoms in total. The van der Waals surface area contributed by atoms with Crippen LogP contribution in [0.5, 0.6) is 0 Å². The van der Waals surface area contributed by atoms with E-state index in [-0.39, 0.29) is 5.91 Å². The van der Waals surface area contributed by atoms with Crippen molar-refractivity contribution < 1.29 is 4.79 Å². The molecule has 1 amide bonds. The number of anilines is 1. The van der Waals surface area contributed by atoms with Gasteiger partial charge in [-0.3, -0.25) is 9.78 Å². The molecule has 3 rings (SSSR count). The minimum absolute atomic E-state index is 0.256. The molecule has 0 spiro atoms. The first-order valence-electron chi connectivity index (χ1n) is 7.69. The number of rotatable bonds is 6. The molecule has 0 saturated carbocycles. The molecule has 0 aliphatic carbocycles. The number of pyridine rings is 1. The summed E-state index contributed by atoms with van der Waals surface area (Å²) in [6.45, 7) is 0.956. The van der Waals surface area contributed by atoms with Gasteiger partial charge in [0.2, 0.25) is 5.95 Å². The Hall–Kier alpha value is -2.99. The average Bonchev–Trinajstić information content (AvgIpc) is 2.67. The molecular formula is C18H16ClN5O. The number of amides is 1. The summed E-state index contributed by atoms with van der Waals surface area (Å²) in [5, 5.41) is 6.61. The summed E-state index contributed by atoms with van der Waals surface area (Å²) in [6.07, 6.45) is 4.93. The van der Waals surface area contributed by atoms with Crippen LogP contribution in [0.1, 0.15) is 21.6 Å². The number of benzene rings is 1. The van der Waals surface area contributed by atoms with E-state index in [0.29, 0.717) is 29.8 Å². The smallest absolute Gasteiger partial charge is 0.270 e.